The highest BCUT2D eigenvalue weighted by Crippen LogP contribution is 2.26. The number of carbonyl (C=O) groups is 1. The van der Waals surface area contributed by atoms with E-state index in [0.717, 1.165) is 0 Å². The lowest BCUT2D eigenvalue weighted by Gasteiger charge is -1.92. The van der Waals surface area contributed by atoms with Crippen LogP contribution in [0, 0.1) is 5.82 Å². The Balaban J connectivity index is 2.72. The van der Waals surface area contributed by atoms with Gasteiger partial charge in [-0.25, -0.2) is 4.39 Å². The molecule has 0 radical (unpaired) electrons. The smallest absolute Gasteiger partial charge is 0.194 e. The largest absolute Gasteiger partial charge is 0.453 e. The van der Waals surface area contributed by atoms with Crippen LogP contribution in [0.5, 0.6) is 0 Å². The summed E-state index contributed by atoms with van der Waals surface area (Å²) in [6, 6.07) is 4.37. The SMILES string of the molecule is CC(=O)c1cc2cc(F)c(Br)cc2o1. The molecule has 0 saturated carbocycles. The molecule has 0 saturated heterocycles. The number of carbonyl (C=O) groups excluding carboxylic acids is 1. The molecular formula is C10H6BrFO2. The molecule has 2 rings (SSSR count). The molecule has 0 aliphatic rings. The summed E-state index contributed by atoms with van der Waals surface area (Å²) < 4.78 is 18.6. The van der Waals surface area contributed by atoms with Gasteiger partial charge in [-0.1, -0.05) is 0 Å². The average Bonchev–Trinajstić information content (AvgIpc) is 2.48. The Labute approximate surface area is 87.8 Å². The molecule has 0 unspecified atom stereocenters. The Bertz CT molecular complexity index is 477. The predicted molar refractivity (Wildman–Crippen MR) is 53.9 cm³/mol. The minimum absolute atomic E-state index is 0.169. The number of Topliss-reactive ketones (excluding diaryl/α,β-unsaturated/α-hetero) is 1. The number of furan rings is 1. The first kappa shape index (κ1) is 9.40. The zero-order chi connectivity index (χ0) is 10.3. The summed E-state index contributed by atoms with van der Waals surface area (Å²) in [6.45, 7) is 1.41. The van der Waals surface area contributed by atoms with Crippen molar-refractivity contribution in [3.63, 3.8) is 0 Å². The van der Waals surface area contributed by atoms with Crippen molar-refractivity contribution >= 4 is 32.7 Å². The third kappa shape index (κ3) is 1.46. The highest BCUT2D eigenvalue weighted by atomic mass is 79.9. The van der Waals surface area contributed by atoms with Gasteiger partial charge in [0.15, 0.2) is 11.5 Å². The molecule has 0 atom stereocenters. The van der Waals surface area contributed by atoms with Crippen molar-refractivity contribution in [2.75, 3.05) is 0 Å². The molecule has 0 aliphatic heterocycles. The molecule has 2 nitrogen and oxygen atoms in total. The van der Waals surface area contributed by atoms with Crippen LogP contribution in [0.3, 0.4) is 0 Å². The molecule has 1 aromatic heterocycles. The molecule has 2 aromatic rings. The van der Waals surface area contributed by atoms with E-state index < -0.39 is 0 Å². The zero-order valence-electron chi connectivity index (χ0n) is 7.30. The van der Waals surface area contributed by atoms with Crippen LogP contribution in [0.1, 0.15) is 17.5 Å². The molecule has 14 heavy (non-hydrogen) atoms. The molecule has 0 aliphatic carbocycles. The molecule has 4 heteroatoms. The normalized spacial score (nSPS) is 10.8. The molecule has 0 fully saturated rings. The molecule has 1 aromatic carbocycles. The highest BCUT2D eigenvalue weighted by Gasteiger charge is 2.10. The van der Waals surface area contributed by atoms with E-state index in [9.17, 15) is 9.18 Å². The van der Waals surface area contributed by atoms with Crippen LogP contribution in [0.25, 0.3) is 11.0 Å². The monoisotopic (exact) mass is 256 g/mol. The fraction of sp³-hybridized carbons (Fsp3) is 0.100. The number of hydrogen-bond acceptors (Lipinski definition) is 2. The topological polar surface area (TPSA) is 30.2 Å². The van der Waals surface area contributed by atoms with E-state index in [1.54, 1.807) is 0 Å². The van der Waals surface area contributed by atoms with Crippen LogP contribution >= 0.6 is 15.9 Å². The van der Waals surface area contributed by atoms with Gasteiger partial charge in [-0.05, 0) is 34.1 Å². The lowest BCUT2D eigenvalue weighted by molar-refractivity contribution is 0.0989. The summed E-state index contributed by atoms with van der Waals surface area (Å²) in [5, 5.41) is 0.593. The van der Waals surface area contributed by atoms with Gasteiger partial charge in [0.2, 0.25) is 0 Å². The second-order valence-corrected chi connectivity index (χ2v) is 3.83. The van der Waals surface area contributed by atoms with Crippen LogP contribution in [0.15, 0.2) is 27.1 Å². The fourth-order valence-corrected chi connectivity index (χ4v) is 1.53. The van der Waals surface area contributed by atoms with E-state index >= 15 is 0 Å². The van der Waals surface area contributed by atoms with Gasteiger partial charge in [-0.3, -0.25) is 4.79 Å². The minimum atomic E-state index is -0.367. The molecule has 72 valence electrons. The first-order chi connectivity index (χ1) is 6.58. The van der Waals surface area contributed by atoms with Gasteiger partial charge in [0.1, 0.15) is 11.4 Å². The number of benzene rings is 1. The van der Waals surface area contributed by atoms with Crippen molar-refractivity contribution in [3.8, 4) is 0 Å². The van der Waals surface area contributed by atoms with Crippen molar-refractivity contribution in [2.24, 2.45) is 0 Å². The van der Waals surface area contributed by atoms with E-state index in [2.05, 4.69) is 15.9 Å². The number of ketones is 1. The third-order valence-corrected chi connectivity index (χ3v) is 2.51. The van der Waals surface area contributed by atoms with Crippen molar-refractivity contribution in [1.29, 1.82) is 0 Å². The summed E-state index contributed by atoms with van der Waals surface area (Å²) in [5.74, 6) is -0.288. The summed E-state index contributed by atoms with van der Waals surface area (Å²) in [4.78, 5) is 11.0. The lowest BCUT2D eigenvalue weighted by Crippen LogP contribution is -1.85. The standard InChI is InChI=1S/C10H6BrFO2/c1-5(13)9-3-6-2-8(12)7(11)4-10(6)14-9/h2-4H,1H3. The van der Waals surface area contributed by atoms with Gasteiger partial charge < -0.3 is 4.42 Å². The van der Waals surface area contributed by atoms with Crippen molar-refractivity contribution in [3.05, 3.63) is 34.2 Å². The van der Waals surface area contributed by atoms with E-state index in [-0.39, 0.29) is 17.4 Å². The highest BCUT2D eigenvalue weighted by molar-refractivity contribution is 9.10. The Kier molecular flexibility index (Phi) is 2.15. The summed E-state index contributed by atoms with van der Waals surface area (Å²) in [5.41, 5.74) is 0.503. The molecule has 0 amide bonds. The minimum Gasteiger partial charge on any atom is -0.453 e. The van der Waals surface area contributed by atoms with Crippen molar-refractivity contribution in [2.45, 2.75) is 6.92 Å². The number of halogens is 2. The summed E-state index contributed by atoms with van der Waals surface area (Å²) in [7, 11) is 0. The Hall–Kier alpha value is -1.16. The maximum atomic E-state index is 13.1. The quantitative estimate of drug-likeness (QED) is 0.731. The van der Waals surface area contributed by atoms with Crippen LogP contribution in [-0.4, -0.2) is 5.78 Å². The van der Waals surface area contributed by atoms with Crippen LogP contribution in [-0.2, 0) is 0 Å². The summed E-state index contributed by atoms with van der Waals surface area (Å²) in [6.07, 6.45) is 0. The molecule has 0 bridgehead atoms. The van der Waals surface area contributed by atoms with E-state index in [0.29, 0.717) is 15.4 Å². The summed E-state index contributed by atoms with van der Waals surface area (Å²) >= 11 is 3.04. The zero-order valence-corrected chi connectivity index (χ0v) is 8.89. The van der Waals surface area contributed by atoms with E-state index in [4.69, 9.17) is 4.42 Å². The van der Waals surface area contributed by atoms with Gasteiger partial charge in [0.05, 0.1) is 4.47 Å². The van der Waals surface area contributed by atoms with Crippen molar-refractivity contribution in [1.82, 2.24) is 0 Å². The predicted octanol–water partition coefficient (Wildman–Crippen LogP) is 3.54. The maximum Gasteiger partial charge on any atom is 0.194 e. The van der Waals surface area contributed by atoms with Gasteiger partial charge in [0.25, 0.3) is 0 Å². The second-order valence-electron chi connectivity index (χ2n) is 2.97. The fourth-order valence-electron chi connectivity index (χ4n) is 1.21. The molecule has 1 heterocycles. The first-order valence-corrected chi connectivity index (χ1v) is 4.77. The number of fused-ring (bicyclic) bond motifs is 1. The van der Waals surface area contributed by atoms with E-state index in [1.807, 2.05) is 0 Å². The van der Waals surface area contributed by atoms with Crippen LogP contribution in [0.4, 0.5) is 4.39 Å². The second kappa shape index (κ2) is 3.20. The number of rotatable bonds is 1. The maximum absolute atomic E-state index is 13.1. The van der Waals surface area contributed by atoms with E-state index in [1.165, 1.54) is 25.1 Å². The van der Waals surface area contributed by atoms with Crippen molar-refractivity contribution < 1.29 is 13.6 Å². The Morgan fingerprint density at radius 3 is 2.79 bits per heavy atom. The molecular weight excluding hydrogens is 251 g/mol. The van der Waals surface area contributed by atoms with Gasteiger partial charge >= 0.3 is 0 Å². The molecule has 0 spiro atoms. The van der Waals surface area contributed by atoms with Gasteiger partial charge in [-0.15, -0.1) is 0 Å². The Morgan fingerprint density at radius 2 is 2.14 bits per heavy atom. The average molecular weight is 257 g/mol. The van der Waals surface area contributed by atoms with Crippen LogP contribution in [0.2, 0.25) is 0 Å². The third-order valence-electron chi connectivity index (χ3n) is 1.91. The molecule has 0 N–H and O–H groups in total. The van der Waals surface area contributed by atoms with Crippen LogP contribution < -0.4 is 0 Å². The lowest BCUT2D eigenvalue weighted by atomic mass is 10.2. The Morgan fingerprint density at radius 1 is 1.43 bits per heavy atom. The first-order valence-electron chi connectivity index (χ1n) is 3.97. The van der Waals surface area contributed by atoms with Gasteiger partial charge in [0, 0.05) is 12.3 Å². The van der Waals surface area contributed by atoms with Gasteiger partial charge in [-0.2, -0.15) is 0 Å². The number of hydrogen-bond donors (Lipinski definition) is 0.